The molecule has 0 bridgehead atoms. The number of nitro groups is 1. The highest BCUT2D eigenvalue weighted by atomic mass is 35.5. The van der Waals surface area contributed by atoms with Crippen LogP contribution in [0.3, 0.4) is 0 Å². The summed E-state index contributed by atoms with van der Waals surface area (Å²) in [7, 11) is -4.04. The Balaban J connectivity index is 2.48. The van der Waals surface area contributed by atoms with E-state index in [0.717, 1.165) is 16.6 Å². The first kappa shape index (κ1) is 29.3. The van der Waals surface area contributed by atoms with Crippen molar-refractivity contribution in [2.24, 2.45) is 0 Å². The zero-order valence-electron chi connectivity index (χ0n) is 20.3. The van der Waals surface area contributed by atoms with Crippen LogP contribution in [0.1, 0.15) is 32.8 Å². The van der Waals surface area contributed by atoms with E-state index in [1.807, 2.05) is 13.8 Å². The molecule has 2 atom stereocenters. The lowest BCUT2D eigenvalue weighted by atomic mass is 10.1. The Morgan fingerprint density at radius 1 is 1.11 bits per heavy atom. The first-order chi connectivity index (χ1) is 16.8. The average Bonchev–Trinajstić information content (AvgIpc) is 2.81. The zero-order chi connectivity index (χ0) is 27.2. The van der Waals surface area contributed by atoms with Crippen molar-refractivity contribution in [3.05, 3.63) is 68.2 Å². The Morgan fingerprint density at radius 3 is 2.22 bits per heavy atom. The first-order valence-corrected chi connectivity index (χ1v) is 13.6. The van der Waals surface area contributed by atoms with Crippen molar-refractivity contribution < 1.29 is 22.9 Å². The Hall–Kier alpha value is -2.89. The fourth-order valence-corrected chi connectivity index (χ4v) is 4.64. The summed E-state index contributed by atoms with van der Waals surface area (Å²) in [6, 6.07) is 8.57. The maximum absolute atomic E-state index is 13.5. The van der Waals surface area contributed by atoms with Crippen molar-refractivity contribution in [1.29, 1.82) is 0 Å². The third-order valence-electron chi connectivity index (χ3n) is 5.57. The van der Waals surface area contributed by atoms with Crippen LogP contribution >= 0.6 is 23.2 Å². The number of hydrogen-bond donors (Lipinski definition) is 1. The molecule has 10 nitrogen and oxygen atoms in total. The molecule has 0 aliphatic carbocycles. The molecule has 0 fully saturated rings. The van der Waals surface area contributed by atoms with E-state index in [1.165, 1.54) is 30.0 Å². The summed E-state index contributed by atoms with van der Waals surface area (Å²) in [5, 5.41) is 14.5. The van der Waals surface area contributed by atoms with E-state index in [1.54, 1.807) is 18.2 Å². The van der Waals surface area contributed by atoms with E-state index in [9.17, 15) is 28.1 Å². The molecule has 0 spiro atoms. The van der Waals surface area contributed by atoms with Gasteiger partial charge in [0.2, 0.25) is 21.8 Å². The van der Waals surface area contributed by atoms with Gasteiger partial charge in [0.25, 0.3) is 5.69 Å². The van der Waals surface area contributed by atoms with E-state index >= 15 is 0 Å². The lowest BCUT2D eigenvalue weighted by Crippen LogP contribution is -2.52. The summed E-state index contributed by atoms with van der Waals surface area (Å²) in [5.74, 6) is -1.17. The maximum Gasteiger partial charge on any atom is 0.271 e. The molecule has 0 saturated carbocycles. The monoisotopic (exact) mass is 558 g/mol. The summed E-state index contributed by atoms with van der Waals surface area (Å²) in [5.41, 5.74) is -0.0132. The molecule has 0 aromatic heterocycles. The van der Waals surface area contributed by atoms with E-state index in [4.69, 9.17) is 23.2 Å². The molecule has 1 N–H and O–H groups in total. The van der Waals surface area contributed by atoms with Crippen LogP contribution in [0.15, 0.2) is 42.5 Å². The van der Waals surface area contributed by atoms with Crippen LogP contribution in [-0.2, 0) is 26.2 Å². The number of carbonyl (C=O) groups excluding carboxylic acids is 2. The number of hydrogen-bond acceptors (Lipinski definition) is 6. The number of anilines is 1. The molecule has 2 aromatic carbocycles. The Morgan fingerprint density at radius 2 is 1.69 bits per heavy atom. The lowest BCUT2D eigenvalue weighted by Gasteiger charge is -2.32. The number of nitrogens with zero attached hydrogens (tertiary/aromatic N) is 3. The Labute approximate surface area is 220 Å². The predicted octanol–water partition coefficient (Wildman–Crippen LogP) is 4.00. The van der Waals surface area contributed by atoms with Crippen molar-refractivity contribution in [3.63, 3.8) is 0 Å². The van der Waals surface area contributed by atoms with Crippen LogP contribution in [0.4, 0.5) is 11.4 Å². The zero-order valence-corrected chi connectivity index (χ0v) is 22.6. The van der Waals surface area contributed by atoms with Gasteiger partial charge in [-0.15, -0.1) is 0 Å². The van der Waals surface area contributed by atoms with Crippen molar-refractivity contribution in [3.8, 4) is 0 Å². The van der Waals surface area contributed by atoms with E-state index in [-0.39, 0.29) is 34.0 Å². The standard InChI is InChI=1S/C23H28Cl2N4O6S/c1-5-15(2)26-23(31)16(3)27(13-19-20(24)10-7-11-21(19)25)22(30)14-28(36(4,34)35)17-8-6-9-18(12-17)29(32)33/h6-12,15-16H,5,13-14H2,1-4H3,(H,26,31). The number of non-ortho nitro benzene ring substituents is 1. The summed E-state index contributed by atoms with van der Waals surface area (Å²) < 4.78 is 25.9. The van der Waals surface area contributed by atoms with E-state index < -0.39 is 39.3 Å². The third-order valence-corrected chi connectivity index (χ3v) is 7.42. The summed E-state index contributed by atoms with van der Waals surface area (Å²) in [4.78, 5) is 38.2. The number of rotatable bonds is 11. The van der Waals surface area contributed by atoms with Gasteiger partial charge >= 0.3 is 0 Å². The number of nitrogens with one attached hydrogen (secondary N) is 1. The number of halogens is 2. The molecule has 0 aliphatic rings. The topological polar surface area (TPSA) is 130 Å². The van der Waals surface area contributed by atoms with Crippen LogP contribution in [0.25, 0.3) is 0 Å². The second kappa shape index (κ2) is 12.4. The number of carbonyl (C=O) groups is 2. The minimum absolute atomic E-state index is 0.0625. The van der Waals surface area contributed by atoms with E-state index in [0.29, 0.717) is 12.0 Å². The quantitative estimate of drug-likeness (QED) is 0.327. The van der Waals surface area contributed by atoms with Crippen LogP contribution in [0.2, 0.25) is 10.0 Å². The summed E-state index contributed by atoms with van der Waals surface area (Å²) in [6.45, 7) is 4.35. The van der Waals surface area contributed by atoms with Crippen molar-refractivity contribution in [2.45, 2.75) is 45.8 Å². The Bertz CT molecular complexity index is 1220. The molecule has 0 saturated heterocycles. The smallest absolute Gasteiger partial charge is 0.271 e. The largest absolute Gasteiger partial charge is 0.352 e. The minimum Gasteiger partial charge on any atom is -0.352 e. The average molecular weight is 559 g/mol. The van der Waals surface area contributed by atoms with Gasteiger partial charge in [-0.1, -0.05) is 42.3 Å². The highest BCUT2D eigenvalue weighted by molar-refractivity contribution is 7.92. The van der Waals surface area contributed by atoms with Crippen LogP contribution < -0.4 is 9.62 Å². The molecule has 2 amide bonds. The van der Waals surface area contributed by atoms with Gasteiger partial charge in [-0.25, -0.2) is 8.42 Å². The van der Waals surface area contributed by atoms with Crippen LogP contribution in [-0.4, -0.2) is 54.9 Å². The van der Waals surface area contributed by atoms with Crippen molar-refractivity contribution >= 4 is 56.4 Å². The highest BCUT2D eigenvalue weighted by Gasteiger charge is 2.31. The van der Waals surface area contributed by atoms with Gasteiger partial charge < -0.3 is 10.2 Å². The molecule has 196 valence electrons. The van der Waals surface area contributed by atoms with Crippen LogP contribution in [0, 0.1) is 10.1 Å². The van der Waals surface area contributed by atoms with Gasteiger partial charge in [-0.2, -0.15) is 0 Å². The van der Waals surface area contributed by atoms with Crippen molar-refractivity contribution in [1.82, 2.24) is 10.2 Å². The minimum atomic E-state index is -4.04. The number of amides is 2. The lowest BCUT2D eigenvalue weighted by molar-refractivity contribution is -0.384. The molecule has 36 heavy (non-hydrogen) atoms. The normalized spacial score (nSPS) is 12.9. The SMILES string of the molecule is CCC(C)NC(=O)C(C)N(Cc1c(Cl)cccc1Cl)C(=O)CN(c1cccc([N+](=O)[O-])c1)S(C)(=O)=O. The second-order valence-electron chi connectivity index (χ2n) is 8.26. The molecule has 2 rings (SSSR count). The van der Waals surface area contributed by atoms with Gasteiger partial charge in [0.05, 0.1) is 16.9 Å². The fourth-order valence-electron chi connectivity index (χ4n) is 3.28. The number of nitro benzene ring substituents is 1. The molecule has 13 heteroatoms. The van der Waals surface area contributed by atoms with Crippen molar-refractivity contribution in [2.75, 3.05) is 17.1 Å². The second-order valence-corrected chi connectivity index (χ2v) is 11.0. The fraction of sp³-hybridized carbons (Fsp3) is 0.391. The number of sulfonamides is 1. The van der Waals surface area contributed by atoms with Gasteiger partial charge in [0.1, 0.15) is 12.6 Å². The van der Waals surface area contributed by atoms with Gasteiger partial charge in [0.15, 0.2) is 0 Å². The summed E-state index contributed by atoms with van der Waals surface area (Å²) in [6.07, 6.45) is 1.55. The molecule has 0 radical (unpaired) electrons. The highest BCUT2D eigenvalue weighted by Crippen LogP contribution is 2.28. The molecule has 2 aromatic rings. The van der Waals surface area contributed by atoms with Gasteiger partial charge in [-0.3, -0.25) is 24.0 Å². The van der Waals surface area contributed by atoms with Crippen LogP contribution in [0.5, 0.6) is 0 Å². The first-order valence-electron chi connectivity index (χ1n) is 11.0. The predicted molar refractivity (Wildman–Crippen MR) is 140 cm³/mol. The molecular weight excluding hydrogens is 531 g/mol. The molecule has 0 aliphatic heterocycles. The third kappa shape index (κ3) is 7.55. The number of benzene rings is 2. The Kier molecular flexibility index (Phi) is 10.1. The van der Waals surface area contributed by atoms with E-state index in [2.05, 4.69) is 5.32 Å². The molecule has 2 unspecified atom stereocenters. The van der Waals surface area contributed by atoms with Gasteiger partial charge in [-0.05, 0) is 38.5 Å². The summed E-state index contributed by atoms with van der Waals surface area (Å²) >= 11 is 12.6. The molecular formula is C23H28Cl2N4O6S. The maximum atomic E-state index is 13.5. The van der Waals surface area contributed by atoms with Gasteiger partial charge in [0, 0.05) is 40.3 Å². The molecule has 0 heterocycles.